The fourth-order valence-electron chi connectivity index (χ4n) is 3.84. The van der Waals surface area contributed by atoms with Crippen LogP contribution in [0.3, 0.4) is 0 Å². The molecule has 0 saturated heterocycles. The molecule has 6 heteroatoms. The van der Waals surface area contributed by atoms with Crippen LogP contribution in [0.2, 0.25) is 0 Å². The Morgan fingerprint density at radius 1 is 1.07 bits per heavy atom. The number of hydrogen-bond donors (Lipinski definition) is 0. The van der Waals surface area contributed by atoms with Crippen molar-refractivity contribution in [2.75, 3.05) is 26.9 Å². The smallest absolute Gasteiger partial charge is 0.290 e. The summed E-state index contributed by atoms with van der Waals surface area (Å²) in [5.41, 5.74) is 1.51. The van der Waals surface area contributed by atoms with Gasteiger partial charge in [-0.15, -0.1) is 0 Å². The summed E-state index contributed by atoms with van der Waals surface area (Å²) >= 11 is 0. The first kappa shape index (κ1) is 19.2. The van der Waals surface area contributed by atoms with E-state index in [2.05, 4.69) is 0 Å². The molecule has 1 atom stereocenters. The quantitative estimate of drug-likeness (QED) is 0.572. The van der Waals surface area contributed by atoms with Crippen molar-refractivity contribution in [2.24, 2.45) is 0 Å². The summed E-state index contributed by atoms with van der Waals surface area (Å²) in [5, 5.41) is 0.480. The maximum atomic E-state index is 13.3. The Hall–Kier alpha value is -3.12. The van der Waals surface area contributed by atoms with Crippen LogP contribution < -0.4 is 10.2 Å². The van der Waals surface area contributed by atoms with Gasteiger partial charge in [0.15, 0.2) is 5.43 Å². The Bertz CT molecular complexity index is 1090. The van der Waals surface area contributed by atoms with Crippen LogP contribution in [-0.4, -0.2) is 37.7 Å². The molecule has 1 amide bonds. The average Bonchev–Trinajstić information content (AvgIpc) is 3.02. The number of rotatable bonds is 7. The van der Waals surface area contributed by atoms with E-state index >= 15 is 0 Å². The summed E-state index contributed by atoms with van der Waals surface area (Å²) in [6, 6.07) is 14.0. The van der Waals surface area contributed by atoms with Gasteiger partial charge in [0.25, 0.3) is 5.91 Å². The summed E-state index contributed by atoms with van der Waals surface area (Å²) < 4.78 is 16.6. The van der Waals surface area contributed by atoms with Crippen LogP contribution in [0.5, 0.6) is 5.75 Å². The Labute approximate surface area is 168 Å². The van der Waals surface area contributed by atoms with Crippen LogP contribution >= 0.6 is 0 Å². The van der Waals surface area contributed by atoms with Crippen molar-refractivity contribution < 1.29 is 18.7 Å². The number of methoxy groups -OCH3 is 1. The zero-order chi connectivity index (χ0) is 20.4. The largest absolute Gasteiger partial charge is 0.494 e. The maximum absolute atomic E-state index is 13.3. The highest BCUT2D eigenvalue weighted by Gasteiger charge is 2.42. The summed E-state index contributed by atoms with van der Waals surface area (Å²) in [6.45, 7) is 3.49. The molecule has 6 nitrogen and oxygen atoms in total. The number of ether oxygens (including phenoxy) is 2. The van der Waals surface area contributed by atoms with Gasteiger partial charge in [-0.2, -0.15) is 0 Å². The molecule has 0 N–H and O–H groups in total. The molecule has 0 spiro atoms. The molecule has 4 rings (SSSR count). The summed E-state index contributed by atoms with van der Waals surface area (Å²) in [6.07, 6.45) is 0.664. The van der Waals surface area contributed by atoms with Gasteiger partial charge in [0, 0.05) is 20.3 Å². The second-order valence-corrected chi connectivity index (χ2v) is 6.92. The fraction of sp³-hybridized carbons (Fsp3) is 0.304. The number of benzene rings is 2. The molecule has 1 aliphatic heterocycles. The maximum Gasteiger partial charge on any atom is 0.290 e. The van der Waals surface area contributed by atoms with Gasteiger partial charge in [0.2, 0.25) is 5.76 Å². The van der Waals surface area contributed by atoms with Crippen molar-refractivity contribution in [3.05, 3.63) is 75.6 Å². The van der Waals surface area contributed by atoms with Gasteiger partial charge in [0.05, 0.1) is 23.6 Å². The van der Waals surface area contributed by atoms with Crippen LogP contribution in [0, 0.1) is 0 Å². The number of para-hydroxylation sites is 1. The molecule has 0 saturated carbocycles. The first-order valence-electron chi connectivity index (χ1n) is 9.74. The van der Waals surface area contributed by atoms with Crippen molar-refractivity contribution in [2.45, 2.75) is 19.4 Å². The van der Waals surface area contributed by atoms with Crippen LogP contribution in [0.15, 0.2) is 57.7 Å². The second-order valence-electron chi connectivity index (χ2n) is 6.92. The van der Waals surface area contributed by atoms with Gasteiger partial charge in [-0.25, -0.2) is 0 Å². The lowest BCUT2D eigenvalue weighted by molar-refractivity contribution is 0.0708. The van der Waals surface area contributed by atoms with E-state index in [-0.39, 0.29) is 17.1 Å². The molecule has 29 heavy (non-hydrogen) atoms. The van der Waals surface area contributed by atoms with Gasteiger partial charge >= 0.3 is 0 Å². The number of carbonyl (C=O) groups is 1. The minimum atomic E-state index is -0.495. The predicted molar refractivity (Wildman–Crippen MR) is 109 cm³/mol. The van der Waals surface area contributed by atoms with Gasteiger partial charge < -0.3 is 18.8 Å². The molecule has 0 bridgehead atoms. The number of amides is 1. The third-order valence-corrected chi connectivity index (χ3v) is 5.13. The summed E-state index contributed by atoms with van der Waals surface area (Å²) in [7, 11) is 1.63. The molecule has 150 valence electrons. The van der Waals surface area contributed by atoms with Crippen molar-refractivity contribution in [1.82, 2.24) is 4.90 Å². The topological polar surface area (TPSA) is 69.0 Å². The van der Waals surface area contributed by atoms with Crippen LogP contribution in [0.4, 0.5) is 0 Å². The molecule has 0 fully saturated rings. The van der Waals surface area contributed by atoms with Crippen LogP contribution in [0.1, 0.15) is 41.1 Å². The number of carbonyl (C=O) groups excluding carboxylic acids is 1. The first-order chi connectivity index (χ1) is 14.2. The van der Waals surface area contributed by atoms with Crippen LogP contribution in [0.25, 0.3) is 11.0 Å². The van der Waals surface area contributed by atoms with E-state index in [1.165, 1.54) is 0 Å². The molecular weight excluding hydrogens is 370 g/mol. The zero-order valence-electron chi connectivity index (χ0n) is 16.5. The molecule has 2 aromatic carbocycles. The van der Waals surface area contributed by atoms with E-state index in [0.717, 1.165) is 11.3 Å². The van der Waals surface area contributed by atoms with Crippen LogP contribution in [-0.2, 0) is 4.74 Å². The van der Waals surface area contributed by atoms with Gasteiger partial charge in [-0.05, 0) is 43.2 Å². The van der Waals surface area contributed by atoms with Crippen molar-refractivity contribution in [1.29, 1.82) is 0 Å². The molecule has 1 aromatic heterocycles. The SMILES string of the molecule is CCOc1ccc([C@@H]2c3c(oc4ccccc4c3=O)C(=O)N2CCCOC)cc1. The first-order valence-corrected chi connectivity index (χ1v) is 9.74. The highest BCUT2D eigenvalue weighted by atomic mass is 16.5. The normalized spacial score (nSPS) is 15.7. The van der Waals surface area contributed by atoms with E-state index in [1.54, 1.807) is 36.3 Å². The van der Waals surface area contributed by atoms with Crippen molar-refractivity contribution >= 4 is 16.9 Å². The van der Waals surface area contributed by atoms with Crippen molar-refractivity contribution in [3.8, 4) is 5.75 Å². The third-order valence-electron chi connectivity index (χ3n) is 5.13. The number of nitrogens with zero attached hydrogens (tertiary/aromatic N) is 1. The lowest BCUT2D eigenvalue weighted by atomic mass is 9.98. The van der Waals surface area contributed by atoms with Crippen molar-refractivity contribution in [3.63, 3.8) is 0 Å². The van der Waals surface area contributed by atoms with Gasteiger partial charge in [0.1, 0.15) is 11.3 Å². The molecule has 3 aromatic rings. The minimum absolute atomic E-state index is 0.130. The van der Waals surface area contributed by atoms with E-state index in [9.17, 15) is 9.59 Å². The standard InChI is InChI=1S/C23H23NO5/c1-3-28-16-11-9-15(10-12-16)20-19-21(25)17-7-4-5-8-18(17)29-22(19)23(26)24(20)13-6-14-27-2/h4-5,7-12,20H,3,6,13-14H2,1-2H3/t20-/m1/s1. The molecule has 0 aliphatic carbocycles. The van der Waals surface area contributed by atoms with Gasteiger partial charge in [-0.1, -0.05) is 24.3 Å². The minimum Gasteiger partial charge on any atom is -0.494 e. The monoisotopic (exact) mass is 393 g/mol. The molecule has 2 heterocycles. The van der Waals surface area contributed by atoms with E-state index in [4.69, 9.17) is 13.9 Å². The highest BCUT2D eigenvalue weighted by molar-refractivity contribution is 5.99. The Kier molecular flexibility index (Phi) is 5.36. The highest BCUT2D eigenvalue weighted by Crippen LogP contribution is 2.38. The number of fused-ring (bicyclic) bond motifs is 2. The molecule has 0 radical (unpaired) electrons. The average molecular weight is 393 g/mol. The molecule has 0 unspecified atom stereocenters. The zero-order valence-corrected chi connectivity index (χ0v) is 16.5. The van der Waals surface area contributed by atoms with E-state index in [0.29, 0.717) is 42.7 Å². The Balaban J connectivity index is 1.84. The molecule has 1 aliphatic rings. The third kappa shape index (κ3) is 3.40. The van der Waals surface area contributed by atoms with E-state index < -0.39 is 6.04 Å². The lowest BCUT2D eigenvalue weighted by Gasteiger charge is -2.25. The predicted octanol–water partition coefficient (Wildman–Crippen LogP) is 3.77. The Morgan fingerprint density at radius 2 is 1.83 bits per heavy atom. The number of hydrogen-bond acceptors (Lipinski definition) is 5. The summed E-state index contributed by atoms with van der Waals surface area (Å²) in [4.78, 5) is 28.2. The fourth-order valence-corrected chi connectivity index (χ4v) is 3.84. The summed E-state index contributed by atoms with van der Waals surface area (Å²) in [5.74, 6) is 0.611. The Morgan fingerprint density at radius 3 is 2.55 bits per heavy atom. The lowest BCUT2D eigenvalue weighted by Crippen LogP contribution is -2.31. The second kappa shape index (κ2) is 8.09. The van der Waals surface area contributed by atoms with Gasteiger partial charge in [-0.3, -0.25) is 9.59 Å². The molecular formula is C23H23NO5. The van der Waals surface area contributed by atoms with E-state index in [1.807, 2.05) is 31.2 Å².